The highest BCUT2D eigenvalue weighted by molar-refractivity contribution is 7.99. The van der Waals surface area contributed by atoms with E-state index in [0.717, 1.165) is 15.0 Å². The van der Waals surface area contributed by atoms with Gasteiger partial charge in [-0.1, -0.05) is 29.8 Å². The van der Waals surface area contributed by atoms with Crippen LogP contribution in [0, 0.1) is 0 Å². The zero-order valence-corrected chi connectivity index (χ0v) is 11.0. The minimum absolute atomic E-state index is 0.0581. The molecule has 0 amide bonds. The van der Waals surface area contributed by atoms with Gasteiger partial charge in [-0.2, -0.15) is 0 Å². The molecule has 0 fully saturated rings. The summed E-state index contributed by atoms with van der Waals surface area (Å²) in [6, 6.07) is 14.2. The molecule has 16 heavy (non-hydrogen) atoms. The maximum absolute atomic E-state index is 6.09. The van der Waals surface area contributed by atoms with Crippen LogP contribution in [0.5, 0.6) is 0 Å². The van der Waals surface area contributed by atoms with Gasteiger partial charge in [-0.15, -0.1) is 23.1 Å². The standard InChI is InChI=1S/C12H12ClNS2/c13-12-7-6-11(16-12)10(14)8-15-9-4-2-1-3-5-9/h1-7,10H,8,14H2. The molecule has 0 aliphatic carbocycles. The first kappa shape index (κ1) is 12.0. The normalized spacial score (nSPS) is 12.6. The van der Waals surface area contributed by atoms with Crippen LogP contribution in [0.15, 0.2) is 47.4 Å². The number of thiophene rings is 1. The van der Waals surface area contributed by atoms with Crippen LogP contribution in [-0.4, -0.2) is 5.75 Å². The van der Waals surface area contributed by atoms with E-state index in [9.17, 15) is 0 Å². The summed E-state index contributed by atoms with van der Waals surface area (Å²) in [4.78, 5) is 2.40. The third-order valence-electron chi connectivity index (χ3n) is 2.13. The predicted octanol–water partition coefficient (Wildman–Crippen LogP) is 4.19. The van der Waals surface area contributed by atoms with Crippen LogP contribution in [0.3, 0.4) is 0 Å². The molecule has 0 radical (unpaired) electrons. The Kier molecular flexibility index (Phi) is 4.29. The van der Waals surface area contributed by atoms with Gasteiger partial charge in [0.2, 0.25) is 0 Å². The number of halogens is 1. The van der Waals surface area contributed by atoms with E-state index in [1.165, 1.54) is 4.90 Å². The van der Waals surface area contributed by atoms with Crippen molar-refractivity contribution in [3.8, 4) is 0 Å². The van der Waals surface area contributed by atoms with E-state index in [0.29, 0.717) is 0 Å². The summed E-state index contributed by atoms with van der Waals surface area (Å²) in [5.74, 6) is 0.876. The fourth-order valence-electron chi connectivity index (χ4n) is 1.31. The molecule has 1 aromatic carbocycles. The summed E-state index contributed by atoms with van der Waals surface area (Å²) < 4.78 is 0.801. The number of thioether (sulfide) groups is 1. The highest BCUT2D eigenvalue weighted by atomic mass is 35.5. The van der Waals surface area contributed by atoms with Crippen LogP contribution in [0.25, 0.3) is 0 Å². The van der Waals surface area contributed by atoms with Gasteiger partial charge in [-0.3, -0.25) is 0 Å². The maximum Gasteiger partial charge on any atom is 0.0931 e. The third kappa shape index (κ3) is 3.25. The number of benzene rings is 1. The second-order valence-corrected chi connectivity index (χ2v) is 6.21. The first-order valence-corrected chi connectivity index (χ1v) is 7.12. The number of rotatable bonds is 4. The summed E-state index contributed by atoms with van der Waals surface area (Å²) in [5.41, 5.74) is 6.09. The summed E-state index contributed by atoms with van der Waals surface area (Å²) in [5, 5.41) is 0. The molecule has 2 N–H and O–H groups in total. The van der Waals surface area contributed by atoms with Crippen molar-refractivity contribution < 1.29 is 0 Å². The Morgan fingerprint density at radius 2 is 1.94 bits per heavy atom. The summed E-state index contributed by atoms with van der Waals surface area (Å²) in [6.45, 7) is 0. The van der Waals surface area contributed by atoms with Gasteiger partial charge in [0.1, 0.15) is 0 Å². The molecule has 1 unspecified atom stereocenters. The van der Waals surface area contributed by atoms with Crippen molar-refractivity contribution >= 4 is 34.7 Å². The van der Waals surface area contributed by atoms with E-state index in [4.69, 9.17) is 17.3 Å². The minimum Gasteiger partial charge on any atom is -0.323 e. The molecular weight excluding hydrogens is 258 g/mol. The average molecular weight is 270 g/mol. The molecule has 1 aromatic heterocycles. The SMILES string of the molecule is NC(CSc1ccccc1)c1ccc(Cl)s1. The van der Waals surface area contributed by atoms with E-state index in [2.05, 4.69) is 12.1 Å². The smallest absolute Gasteiger partial charge is 0.0931 e. The van der Waals surface area contributed by atoms with Gasteiger partial charge in [0.15, 0.2) is 0 Å². The van der Waals surface area contributed by atoms with Gasteiger partial charge in [-0.25, -0.2) is 0 Å². The summed E-state index contributed by atoms with van der Waals surface area (Å²) in [6.07, 6.45) is 0. The monoisotopic (exact) mass is 269 g/mol. The van der Waals surface area contributed by atoms with Gasteiger partial charge in [0.25, 0.3) is 0 Å². The second kappa shape index (κ2) is 5.73. The molecule has 0 saturated heterocycles. The van der Waals surface area contributed by atoms with Crippen LogP contribution in [0.4, 0.5) is 0 Å². The quantitative estimate of drug-likeness (QED) is 0.842. The number of nitrogens with two attached hydrogens (primary N) is 1. The fourth-order valence-corrected chi connectivity index (χ4v) is 3.38. The third-order valence-corrected chi connectivity index (χ3v) is 4.63. The summed E-state index contributed by atoms with van der Waals surface area (Å²) >= 11 is 9.21. The van der Waals surface area contributed by atoms with Crippen molar-refractivity contribution in [2.24, 2.45) is 5.73 Å². The number of hydrogen-bond acceptors (Lipinski definition) is 3. The zero-order chi connectivity index (χ0) is 11.4. The lowest BCUT2D eigenvalue weighted by Crippen LogP contribution is -2.10. The van der Waals surface area contributed by atoms with Crippen molar-refractivity contribution in [2.45, 2.75) is 10.9 Å². The van der Waals surface area contributed by atoms with E-state index < -0.39 is 0 Å². The van der Waals surface area contributed by atoms with Crippen LogP contribution in [-0.2, 0) is 0 Å². The molecule has 2 rings (SSSR count). The first-order chi connectivity index (χ1) is 7.75. The maximum atomic E-state index is 6.09. The topological polar surface area (TPSA) is 26.0 Å². The molecule has 84 valence electrons. The Balaban J connectivity index is 1.91. The van der Waals surface area contributed by atoms with E-state index in [1.54, 1.807) is 23.1 Å². The van der Waals surface area contributed by atoms with Crippen LogP contribution in [0.1, 0.15) is 10.9 Å². The molecule has 0 bridgehead atoms. The first-order valence-electron chi connectivity index (χ1n) is 4.94. The lowest BCUT2D eigenvalue weighted by molar-refractivity contribution is 0.852. The van der Waals surface area contributed by atoms with Crippen LogP contribution in [0.2, 0.25) is 4.34 Å². The lowest BCUT2D eigenvalue weighted by atomic mass is 10.3. The molecule has 0 saturated carbocycles. The van der Waals surface area contributed by atoms with Crippen LogP contribution < -0.4 is 5.73 Å². The van der Waals surface area contributed by atoms with Gasteiger partial charge in [-0.05, 0) is 24.3 Å². The van der Waals surface area contributed by atoms with Gasteiger partial charge >= 0.3 is 0 Å². The largest absolute Gasteiger partial charge is 0.323 e. The second-order valence-electron chi connectivity index (χ2n) is 3.37. The zero-order valence-electron chi connectivity index (χ0n) is 8.60. The molecular formula is C12H12ClNS2. The molecule has 1 heterocycles. The number of hydrogen-bond donors (Lipinski definition) is 1. The van der Waals surface area contributed by atoms with E-state index in [-0.39, 0.29) is 6.04 Å². The van der Waals surface area contributed by atoms with Gasteiger partial charge in [0, 0.05) is 21.6 Å². The molecule has 1 nitrogen and oxygen atoms in total. The average Bonchev–Trinajstić information content (AvgIpc) is 2.74. The Morgan fingerprint density at radius 1 is 1.19 bits per heavy atom. The van der Waals surface area contributed by atoms with Crippen molar-refractivity contribution in [2.75, 3.05) is 5.75 Å². The van der Waals surface area contributed by atoms with Crippen LogP contribution >= 0.6 is 34.7 Å². The lowest BCUT2D eigenvalue weighted by Gasteiger charge is -2.08. The highest BCUT2D eigenvalue weighted by Crippen LogP contribution is 2.29. The molecule has 4 heteroatoms. The molecule has 0 aliphatic heterocycles. The van der Waals surface area contributed by atoms with Crippen molar-refractivity contribution in [3.63, 3.8) is 0 Å². The van der Waals surface area contributed by atoms with Gasteiger partial charge in [0.05, 0.1) is 4.34 Å². The molecule has 1 atom stereocenters. The Bertz CT molecular complexity index is 441. The molecule has 0 spiro atoms. The van der Waals surface area contributed by atoms with Crippen molar-refractivity contribution in [1.82, 2.24) is 0 Å². The highest BCUT2D eigenvalue weighted by Gasteiger charge is 2.08. The van der Waals surface area contributed by atoms with E-state index in [1.807, 2.05) is 30.3 Å². The Labute approximate surface area is 109 Å². The molecule has 0 aliphatic rings. The van der Waals surface area contributed by atoms with Crippen molar-refractivity contribution in [1.29, 1.82) is 0 Å². The summed E-state index contributed by atoms with van der Waals surface area (Å²) in [7, 11) is 0. The Morgan fingerprint density at radius 3 is 2.56 bits per heavy atom. The van der Waals surface area contributed by atoms with Crippen molar-refractivity contribution in [3.05, 3.63) is 51.7 Å². The Hall–Kier alpha value is -0.480. The fraction of sp³-hybridized carbons (Fsp3) is 0.167. The predicted molar refractivity (Wildman–Crippen MR) is 73.4 cm³/mol. The van der Waals surface area contributed by atoms with Gasteiger partial charge < -0.3 is 5.73 Å². The molecule has 2 aromatic rings. The van der Waals surface area contributed by atoms with E-state index >= 15 is 0 Å². The minimum atomic E-state index is 0.0581.